The number of aryl methyl sites for hydroxylation is 1. The number of nitriles is 1. The number of nitrogens with one attached hydrogen (secondary N) is 1. The van der Waals surface area contributed by atoms with Crippen molar-refractivity contribution in [2.24, 2.45) is 0 Å². The molecule has 5 rings (SSSR count). The standard InChI is InChI=1S/C25H20N2O3/c1-16-5-7-20(13-21(16)18-4-2-3-17(11-18)14-26)27-24(28)25(9-10-25)19-6-8-22-23(12-19)30-15-29-22/h2-8,11-13H,9-10,15H2,1H3,(H,27,28). The van der Waals surface area contributed by atoms with E-state index < -0.39 is 5.41 Å². The predicted octanol–water partition coefficient (Wildman–Crippen LogP) is 4.93. The van der Waals surface area contributed by atoms with Gasteiger partial charge in [-0.25, -0.2) is 0 Å². The third-order valence-corrected chi connectivity index (χ3v) is 5.91. The van der Waals surface area contributed by atoms with E-state index in [0.29, 0.717) is 11.3 Å². The first-order chi connectivity index (χ1) is 14.6. The Labute approximate surface area is 174 Å². The molecule has 1 saturated carbocycles. The maximum atomic E-state index is 13.2. The van der Waals surface area contributed by atoms with Crippen LogP contribution in [0.5, 0.6) is 11.5 Å². The number of rotatable bonds is 4. The van der Waals surface area contributed by atoms with Crippen molar-refractivity contribution >= 4 is 11.6 Å². The fourth-order valence-corrected chi connectivity index (χ4v) is 3.98. The number of hydrogen-bond acceptors (Lipinski definition) is 4. The predicted molar refractivity (Wildman–Crippen MR) is 113 cm³/mol. The molecule has 3 aromatic carbocycles. The zero-order valence-electron chi connectivity index (χ0n) is 16.6. The summed E-state index contributed by atoms with van der Waals surface area (Å²) in [5.74, 6) is 1.40. The maximum Gasteiger partial charge on any atom is 0.235 e. The minimum atomic E-state index is -0.521. The van der Waals surface area contributed by atoms with Gasteiger partial charge in [-0.3, -0.25) is 4.79 Å². The van der Waals surface area contributed by atoms with E-state index >= 15 is 0 Å². The molecule has 30 heavy (non-hydrogen) atoms. The number of nitrogens with zero attached hydrogens (tertiary/aromatic N) is 1. The van der Waals surface area contributed by atoms with Crippen molar-refractivity contribution in [1.82, 2.24) is 0 Å². The van der Waals surface area contributed by atoms with E-state index in [2.05, 4.69) is 11.4 Å². The van der Waals surface area contributed by atoms with E-state index in [0.717, 1.165) is 46.5 Å². The molecule has 1 amide bonds. The average molecular weight is 396 g/mol. The second kappa shape index (κ2) is 6.93. The minimum absolute atomic E-state index is 0.0121. The smallest absolute Gasteiger partial charge is 0.235 e. The lowest BCUT2D eigenvalue weighted by Gasteiger charge is -2.17. The number of benzene rings is 3. The van der Waals surface area contributed by atoms with Gasteiger partial charge in [0.1, 0.15) is 0 Å². The molecule has 1 heterocycles. The third kappa shape index (κ3) is 3.07. The Hall–Kier alpha value is -3.78. The highest BCUT2D eigenvalue weighted by Gasteiger charge is 2.51. The molecule has 0 atom stereocenters. The van der Waals surface area contributed by atoms with Crippen LogP contribution in [-0.2, 0) is 10.2 Å². The van der Waals surface area contributed by atoms with E-state index in [9.17, 15) is 10.1 Å². The van der Waals surface area contributed by atoms with E-state index in [-0.39, 0.29) is 12.7 Å². The Morgan fingerprint density at radius 2 is 1.87 bits per heavy atom. The lowest BCUT2D eigenvalue weighted by molar-refractivity contribution is -0.118. The first-order valence-corrected chi connectivity index (χ1v) is 9.92. The molecule has 0 aromatic heterocycles. The molecule has 5 heteroatoms. The fourth-order valence-electron chi connectivity index (χ4n) is 3.98. The Kier molecular flexibility index (Phi) is 4.22. The van der Waals surface area contributed by atoms with E-state index in [1.54, 1.807) is 6.07 Å². The number of fused-ring (bicyclic) bond motifs is 1. The van der Waals surface area contributed by atoms with Gasteiger partial charge in [-0.05, 0) is 78.4 Å². The third-order valence-electron chi connectivity index (χ3n) is 5.91. The molecular formula is C25H20N2O3. The van der Waals surface area contributed by atoms with Crippen LogP contribution < -0.4 is 14.8 Å². The van der Waals surface area contributed by atoms with Gasteiger partial charge in [-0.15, -0.1) is 0 Å². The first kappa shape index (κ1) is 18.3. The van der Waals surface area contributed by atoms with Crippen LogP contribution in [0, 0.1) is 18.3 Å². The Bertz CT molecular complexity index is 1210. The molecule has 0 unspecified atom stereocenters. The van der Waals surface area contributed by atoms with E-state index in [1.165, 1.54) is 0 Å². The van der Waals surface area contributed by atoms with Gasteiger partial charge in [0.2, 0.25) is 12.7 Å². The normalized spacial score (nSPS) is 15.3. The number of ether oxygens (including phenoxy) is 2. The number of carbonyl (C=O) groups is 1. The molecule has 0 radical (unpaired) electrons. The highest BCUT2D eigenvalue weighted by Crippen LogP contribution is 2.51. The van der Waals surface area contributed by atoms with E-state index in [1.807, 2.05) is 61.5 Å². The van der Waals surface area contributed by atoms with E-state index in [4.69, 9.17) is 9.47 Å². The van der Waals surface area contributed by atoms with Crippen LogP contribution in [0.15, 0.2) is 60.7 Å². The van der Waals surface area contributed by atoms with Gasteiger partial charge < -0.3 is 14.8 Å². The molecular weight excluding hydrogens is 376 g/mol. The van der Waals surface area contributed by atoms with Crippen LogP contribution in [0.2, 0.25) is 0 Å². The van der Waals surface area contributed by atoms with Crippen molar-refractivity contribution in [3.63, 3.8) is 0 Å². The molecule has 1 N–H and O–H groups in total. The van der Waals surface area contributed by atoms with Crippen molar-refractivity contribution in [3.8, 4) is 28.7 Å². The second-order valence-electron chi connectivity index (χ2n) is 7.83. The molecule has 1 aliphatic heterocycles. The first-order valence-electron chi connectivity index (χ1n) is 9.92. The van der Waals surface area contributed by atoms with Crippen molar-refractivity contribution in [3.05, 3.63) is 77.4 Å². The molecule has 2 aliphatic rings. The number of hydrogen-bond donors (Lipinski definition) is 1. The molecule has 5 nitrogen and oxygen atoms in total. The zero-order chi connectivity index (χ0) is 20.7. The van der Waals surface area contributed by atoms with Crippen LogP contribution in [0.4, 0.5) is 5.69 Å². The number of carbonyl (C=O) groups excluding carboxylic acids is 1. The van der Waals surface area contributed by atoms with Gasteiger partial charge in [0.05, 0.1) is 17.0 Å². The van der Waals surface area contributed by atoms with Gasteiger partial charge in [-0.1, -0.05) is 24.3 Å². The zero-order valence-corrected chi connectivity index (χ0v) is 16.6. The number of amides is 1. The van der Waals surface area contributed by atoms with Crippen LogP contribution in [0.25, 0.3) is 11.1 Å². The Balaban J connectivity index is 1.42. The summed E-state index contributed by atoms with van der Waals surface area (Å²) in [6.45, 7) is 2.24. The van der Waals surface area contributed by atoms with Crippen molar-refractivity contribution in [2.75, 3.05) is 12.1 Å². The summed E-state index contributed by atoms with van der Waals surface area (Å²) in [7, 11) is 0. The summed E-state index contributed by atoms with van der Waals surface area (Å²) in [6, 6.07) is 21.3. The quantitative estimate of drug-likeness (QED) is 0.679. The summed E-state index contributed by atoms with van der Waals surface area (Å²) in [4.78, 5) is 13.2. The molecule has 148 valence electrons. The summed E-state index contributed by atoms with van der Waals surface area (Å²) in [5, 5.41) is 12.3. The Morgan fingerprint density at radius 3 is 2.67 bits per heavy atom. The lowest BCUT2D eigenvalue weighted by atomic mass is 9.94. The lowest BCUT2D eigenvalue weighted by Crippen LogP contribution is -2.27. The van der Waals surface area contributed by atoms with Crippen LogP contribution >= 0.6 is 0 Å². The van der Waals surface area contributed by atoms with Crippen LogP contribution in [0.3, 0.4) is 0 Å². The summed E-state index contributed by atoms with van der Waals surface area (Å²) >= 11 is 0. The summed E-state index contributed by atoms with van der Waals surface area (Å²) < 4.78 is 10.9. The number of anilines is 1. The molecule has 0 spiro atoms. The SMILES string of the molecule is Cc1ccc(NC(=O)C2(c3ccc4c(c3)OCO4)CC2)cc1-c1cccc(C#N)c1. The Morgan fingerprint density at radius 1 is 1.03 bits per heavy atom. The van der Waals surface area contributed by atoms with Gasteiger partial charge >= 0.3 is 0 Å². The molecule has 0 bridgehead atoms. The van der Waals surface area contributed by atoms with Gasteiger partial charge in [-0.2, -0.15) is 5.26 Å². The molecule has 0 saturated heterocycles. The second-order valence-corrected chi connectivity index (χ2v) is 7.83. The highest BCUT2D eigenvalue weighted by atomic mass is 16.7. The van der Waals surface area contributed by atoms with Gasteiger partial charge in [0, 0.05) is 5.69 Å². The van der Waals surface area contributed by atoms with Gasteiger partial charge in [0.15, 0.2) is 11.5 Å². The maximum absolute atomic E-state index is 13.2. The van der Waals surface area contributed by atoms with Gasteiger partial charge in [0.25, 0.3) is 0 Å². The van der Waals surface area contributed by atoms with Crippen molar-refractivity contribution < 1.29 is 14.3 Å². The molecule has 1 fully saturated rings. The fraction of sp³-hybridized carbons (Fsp3) is 0.200. The average Bonchev–Trinajstić information content (AvgIpc) is 3.46. The van der Waals surface area contributed by atoms with Crippen LogP contribution in [-0.4, -0.2) is 12.7 Å². The largest absolute Gasteiger partial charge is 0.454 e. The van der Waals surface area contributed by atoms with Crippen molar-refractivity contribution in [1.29, 1.82) is 5.26 Å². The highest BCUT2D eigenvalue weighted by molar-refractivity contribution is 6.02. The van der Waals surface area contributed by atoms with Crippen molar-refractivity contribution in [2.45, 2.75) is 25.2 Å². The summed E-state index contributed by atoms with van der Waals surface area (Å²) in [5.41, 5.74) is 4.83. The molecule has 1 aliphatic carbocycles. The summed E-state index contributed by atoms with van der Waals surface area (Å²) in [6.07, 6.45) is 1.61. The monoisotopic (exact) mass is 396 g/mol. The van der Waals surface area contributed by atoms with Crippen LogP contribution in [0.1, 0.15) is 29.5 Å². The topological polar surface area (TPSA) is 71.3 Å². The molecule has 3 aromatic rings. The minimum Gasteiger partial charge on any atom is -0.454 e.